The Morgan fingerprint density at radius 1 is 1.19 bits per heavy atom. The van der Waals surface area contributed by atoms with Crippen LogP contribution in [-0.2, 0) is 17.9 Å². The topological polar surface area (TPSA) is 72.7 Å². The molecule has 0 radical (unpaired) electrons. The maximum absolute atomic E-state index is 12.0. The monoisotopic (exact) mass is 394 g/mol. The number of amides is 1. The number of rotatable bonds is 9. The van der Waals surface area contributed by atoms with E-state index in [1.807, 2.05) is 45.9 Å². The Labute approximate surface area is 165 Å². The highest BCUT2D eigenvalue weighted by Gasteiger charge is 2.16. The smallest absolute Gasteiger partial charge is 0.258 e. The summed E-state index contributed by atoms with van der Waals surface area (Å²) in [7, 11) is 0. The molecule has 27 heavy (non-hydrogen) atoms. The molecule has 1 aromatic heterocycles. The Hall–Kier alpha value is -2.18. The Kier molecular flexibility index (Phi) is 7.56. The average molecular weight is 395 g/mol. The van der Waals surface area contributed by atoms with Crippen LogP contribution in [0.4, 0.5) is 0 Å². The largest absolute Gasteiger partial charge is 0.490 e. The van der Waals surface area contributed by atoms with Crippen LogP contribution in [0.3, 0.4) is 0 Å². The zero-order chi connectivity index (χ0) is 19.9. The lowest BCUT2D eigenvalue weighted by atomic mass is 10.1. The Bertz CT molecular complexity index is 739. The van der Waals surface area contributed by atoms with Gasteiger partial charge in [-0.3, -0.25) is 4.79 Å². The van der Waals surface area contributed by atoms with E-state index >= 15 is 0 Å². The second-order valence-corrected chi connectivity index (χ2v) is 7.50. The predicted octanol–water partition coefficient (Wildman–Crippen LogP) is 3.92. The molecule has 1 amide bonds. The van der Waals surface area contributed by atoms with Gasteiger partial charge in [0.05, 0.1) is 19.4 Å². The first kappa shape index (κ1) is 21.1. The lowest BCUT2D eigenvalue weighted by Gasteiger charge is -2.21. The van der Waals surface area contributed by atoms with E-state index in [1.165, 1.54) is 0 Å². The van der Waals surface area contributed by atoms with Crippen LogP contribution in [-0.4, -0.2) is 24.7 Å². The molecule has 1 heterocycles. The molecule has 0 bridgehead atoms. The van der Waals surface area contributed by atoms with Gasteiger partial charge in [-0.15, -0.1) is 0 Å². The number of carbonyl (C=O) groups is 1. The van der Waals surface area contributed by atoms with Gasteiger partial charge >= 0.3 is 0 Å². The molecule has 7 heteroatoms. The molecule has 0 atom stereocenters. The SMILES string of the molecule is CCOc1cc(CNCc2ccco2)c(Cl)cc1OCC(=O)NC(C)(C)C. The summed E-state index contributed by atoms with van der Waals surface area (Å²) in [6.07, 6.45) is 1.64. The van der Waals surface area contributed by atoms with E-state index in [1.54, 1.807) is 12.3 Å². The Morgan fingerprint density at radius 3 is 2.56 bits per heavy atom. The third-order valence-corrected chi connectivity index (χ3v) is 3.83. The molecule has 0 aliphatic carbocycles. The maximum atomic E-state index is 12.0. The van der Waals surface area contributed by atoms with Gasteiger partial charge in [0.15, 0.2) is 18.1 Å². The molecule has 6 nitrogen and oxygen atoms in total. The van der Waals surface area contributed by atoms with E-state index in [4.69, 9.17) is 25.5 Å². The van der Waals surface area contributed by atoms with E-state index in [0.717, 1.165) is 11.3 Å². The number of carbonyl (C=O) groups excluding carboxylic acids is 1. The molecule has 0 fully saturated rings. The third-order valence-electron chi connectivity index (χ3n) is 3.48. The summed E-state index contributed by atoms with van der Waals surface area (Å²) < 4.78 is 16.6. The van der Waals surface area contributed by atoms with Crippen molar-refractivity contribution < 1.29 is 18.7 Å². The van der Waals surface area contributed by atoms with Crippen molar-refractivity contribution in [3.63, 3.8) is 0 Å². The molecular weight excluding hydrogens is 368 g/mol. The summed E-state index contributed by atoms with van der Waals surface area (Å²) >= 11 is 6.38. The van der Waals surface area contributed by atoms with E-state index < -0.39 is 0 Å². The minimum atomic E-state index is -0.315. The van der Waals surface area contributed by atoms with Crippen molar-refractivity contribution in [2.24, 2.45) is 0 Å². The number of ether oxygens (including phenoxy) is 2. The summed E-state index contributed by atoms with van der Waals surface area (Å²) in [4.78, 5) is 12.0. The van der Waals surface area contributed by atoms with Crippen molar-refractivity contribution >= 4 is 17.5 Å². The minimum Gasteiger partial charge on any atom is -0.490 e. The highest BCUT2D eigenvalue weighted by molar-refractivity contribution is 6.31. The summed E-state index contributed by atoms with van der Waals surface area (Å²) in [6.45, 7) is 9.14. The molecule has 0 aliphatic heterocycles. The fourth-order valence-corrected chi connectivity index (χ4v) is 2.65. The van der Waals surface area contributed by atoms with Gasteiger partial charge in [0.25, 0.3) is 5.91 Å². The van der Waals surface area contributed by atoms with Crippen LogP contribution in [0.15, 0.2) is 34.9 Å². The molecule has 0 saturated heterocycles. The number of hydrogen-bond donors (Lipinski definition) is 2. The van der Waals surface area contributed by atoms with Gasteiger partial charge in [-0.2, -0.15) is 0 Å². The zero-order valence-corrected chi connectivity index (χ0v) is 17.0. The van der Waals surface area contributed by atoms with Gasteiger partial charge in [-0.05, 0) is 51.5 Å². The normalized spacial score (nSPS) is 11.3. The summed E-state index contributed by atoms with van der Waals surface area (Å²) in [5.41, 5.74) is 0.558. The van der Waals surface area contributed by atoms with Crippen LogP contribution >= 0.6 is 11.6 Å². The van der Waals surface area contributed by atoms with Crippen LogP contribution in [0.25, 0.3) is 0 Å². The Balaban J connectivity index is 2.02. The van der Waals surface area contributed by atoms with Crippen LogP contribution < -0.4 is 20.1 Å². The van der Waals surface area contributed by atoms with E-state index in [0.29, 0.717) is 36.2 Å². The molecule has 0 unspecified atom stereocenters. The van der Waals surface area contributed by atoms with Crippen molar-refractivity contribution in [2.75, 3.05) is 13.2 Å². The molecule has 2 aromatic rings. The van der Waals surface area contributed by atoms with Crippen LogP contribution in [0.1, 0.15) is 39.0 Å². The fourth-order valence-electron chi connectivity index (χ4n) is 2.42. The van der Waals surface area contributed by atoms with Gasteiger partial charge in [0.1, 0.15) is 5.76 Å². The molecule has 1 aromatic carbocycles. The van der Waals surface area contributed by atoms with Gasteiger partial charge in [-0.25, -0.2) is 0 Å². The second-order valence-electron chi connectivity index (χ2n) is 7.09. The molecular formula is C20H27ClN2O4. The highest BCUT2D eigenvalue weighted by atomic mass is 35.5. The molecule has 2 N–H and O–H groups in total. The summed E-state index contributed by atoms with van der Waals surface area (Å²) in [5, 5.41) is 6.66. The van der Waals surface area contributed by atoms with Crippen molar-refractivity contribution in [1.29, 1.82) is 0 Å². The van der Waals surface area contributed by atoms with E-state index in [2.05, 4.69) is 10.6 Å². The first-order valence-corrected chi connectivity index (χ1v) is 9.28. The molecule has 2 rings (SSSR count). The van der Waals surface area contributed by atoms with E-state index in [-0.39, 0.29) is 18.1 Å². The minimum absolute atomic E-state index is 0.107. The van der Waals surface area contributed by atoms with Gasteiger partial charge in [0, 0.05) is 23.2 Å². The highest BCUT2D eigenvalue weighted by Crippen LogP contribution is 2.33. The summed E-state index contributed by atoms with van der Waals surface area (Å²) in [6, 6.07) is 7.26. The molecule has 0 spiro atoms. The summed E-state index contributed by atoms with van der Waals surface area (Å²) in [5.74, 6) is 1.65. The van der Waals surface area contributed by atoms with Gasteiger partial charge < -0.3 is 24.5 Å². The maximum Gasteiger partial charge on any atom is 0.258 e. The third kappa shape index (κ3) is 7.15. The van der Waals surface area contributed by atoms with Crippen LogP contribution in [0, 0.1) is 0 Å². The standard InChI is InChI=1S/C20H27ClN2O4/c1-5-25-17-9-14(11-22-12-15-7-6-8-26-15)16(21)10-18(17)27-13-19(24)23-20(2,3)4/h6-10,22H,5,11-13H2,1-4H3,(H,23,24). The molecule has 0 saturated carbocycles. The lowest BCUT2D eigenvalue weighted by Crippen LogP contribution is -2.43. The first-order chi connectivity index (χ1) is 12.8. The lowest BCUT2D eigenvalue weighted by molar-refractivity contribution is -0.124. The van der Waals surface area contributed by atoms with Crippen LogP contribution in [0.2, 0.25) is 5.02 Å². The predicted molar refractivity (Wildman–Crippen MR) is 105 cm³/mol. The van der Waals surface area contributed by atoms with Crippen molar-refractivity contribution in [3.8, 4) is 11.5 Å². The van der Waals surface area contributed by atoms with Gasteiger partial charge in [-0.1, -0.05) is 11.6 Å². The number of halogens is 1. The second kappa shape index (κ2) is 9.67. The van der Waals surface area contributed by atoms with E-state index in [9.17, 15) is 4.79 Å². The van der Waals surface area contributed by atoms with Crippen molar-refractivity contribution in [1.82, 2.24) is 10.6 Å². The zero-order valence-electron chi connectivity index (χ0n) is 16.2. The average Bonchev–Trinajstić information content (AvgIpc) is 3.08. The van der Waals surface area contributed by atoms with Crippen molar-refractivity contribution in [2.45, 2.75) is 46.3 Å². The fraction of sp³-hybridized carbons (Fsp3) is 0.450. The number of nitrogens with one attached hydrogen (secondary N) is 2. The number of hydrogen-bond acceptors (Lipinski definition) is 5. The Morgan fingerprint density at radius 2 is 1.93 bits per heavy atom. The van der Waals surface area contributed by atoms with Crippen LogP contribution in [0.5, 0.6) is 11.5 Å². The number of furan rings is 1. The quantitative estimate of drug-likeness (QED) is 0.674. The van der Waals surface area contributed by atoms with Crippen molar-refractivity contribution in [3.05, 3.63) is 46.9 Å². The van der Waals surface area contributed by atoms with Gasteiger partial charge in [0.2, 0.25) is 0 Å². The first-order valence-electron chi connectivity index (χ1n) is 8.90. The molecule has 148 valence electrons. The molecule has 0 aliphatic rings. The number of benzene rings is 1.